The number of benzene rings is 3. The van der Waals surface area contributed by atoms with Gasteiger partial charge in [-0.25, -0.2) is 0 Å². The van der Waals surface area contributed by atoms with Crippen LogP contribution < -0.4 is 9.47 Å². The van der Waals surface area contributed by atoms with Gasteiger partial charge in [-0.1, -0.05) is 30.3 Å². The predicted octanol–water partition coefficient (Wildman–Crippen LogP) is 6.29. The Labute approximate surface area is 221 Å². The molecule has 7 nitrogen and oxygen atoms in total. The Kier molecular flexibility index (Phi) is 6.52. The summed E-state index contributed by atoms with van der Waals surface area (Å²) in [5, 5.41) is 11.5. The van der Waals surface area contributed by atoms with Gasteiger partial charge >= 0.3 is 5.97 Å². The molecular formula is C31H31NO6. The number of imide groups is 1. The van der Waals surface area contributed by atoms with E-state index in [4.69, 9.17) is 9.47 Å². The summed E-state index contributed by atoms with van der Waals surface area (Å²) in [5.74, 6) is -0.867. The molecule has 0 radical (unpaired) electrons. The fourth-order valence-corrected chi connectivity index (χ4v) is 6.05. The Morgan fingerprint density at radius 3 is 1.84 bits per heavy atom. The molecule has 0 aromatic heterocycles. The second-order valence-electron chi connectivity index (χ2n) is 10.6. The van der Waals surface area contributed by atoms with Crippen molar-refractivity contribution < 1.29 is 29.0 Å². The van der Waals surface area contributed by atoms with Crippen LogP contribution in [-0.2, 0) is 4.79 Å². The SMILES string of the molecule is O=C(O)CC(c1ccc(OC2CCCC2)c(OC2CCCC2)c1)N1C(=O)c2cc3ccccc3cc2C1=O. The summed E-state index contributed by atoms with van der Waals surface area (Å²) in [7, 11) is 0. The lowest BCUT2D eigenvalue weighted by molar-refractivity contribution is -0.138. The Bertz CT molecular complexity index is 1350. The molecular weight excluding hydrogens is 482 g/mol. The molecule has 7 heteroatoms. The number of fused-ring (bicyclic) bond motifs is 2. The van der Waals surface area contributed by atoms with E-state index in [1.165, 1.54) is 0 Å². The molecule has 2 saturated carbocycles. The van der Waals surface area contributed by atoms with Crippen LogP contribution in [0.2, 0.25) is 0 Å². The first-order chi connectivity index (χ1) is 18.5. The van der Waals surface area contributed by atoms with E-state index in [1.54, 1.807) is 30.3 Å². The molecule has 196 valence electrons. The Hall–Kier alpha value is -3.87. The lowest BCUT2D eigenvalue weighted by atomic mass is 10.0. The van der Waals surface area contributed by atoms with E-state index in [1.807, 2.05) is 24.3 Å². The van der Waals surface area contributed by atoms with Crippen molar-refractivity contribution in [1.82, 2.24) is 4.90 Å². The zero-order valence-corrected chi connectivity index (χ0v) is 21.2. The molecule has 0 spiro atoms. The molecule has 38 heavy (non-hydrogen) atoms. The summed E-state index contributed by atoms with van der Waals surface area (Å²) in [6, 6.07) is 15.3. The lowest BCUT2D eigenvalue weighted by Gasteiger charge is -2.27. The van der Waals surface area contributed by atoms with E-state index in [0.717, 1.165) is 67.0 Å². The van der Waals surface area contributed by atoms with Crippen molar-refractivity contribution in [3.8, 4) is 11.5 Å². The van der Waals surface area contributed by atoms with Crippen LogP contribution in [0, 0.1) is 0 Å². The van der Waals surface area contributed by atoms with Crippen molar-refractivity contribution in [2.24, 2.45) is 0 Å². The van der Waals surface area contributed by atoms with Crippen LogP contribution in [0.4, 0.5) is 0 Å². The molecule has 3 aromatic rings. The van der Waals surface area contributed by atoms with E-state index < -0.39 is 30.2 Å². The highest BCUT2D eigenvalue weighted by molar-refractivity contribution is 6.23. The number of aliphatic carboxylic acids is 1. The fourth-order valence-electron chi connectivity index (χ4n) is 6.05. The summed E-state index contributed by atoms with van der Waals surface area (Å²) in [4.78, 5) is 40.2. The topological polar surface area (TPSA) is 93.1 Å². The minimum absolute atomic E-state index is 0.0702. The third-order valence-electron chi connectivity index (χ3n) is 8.01. The third-order valence-corrected chi connectivity index (χ3v) is 8.01. The normalized spacial score (nSPS) is 18.8. The van der Waals surface area contributed by atoms with Gasteiger partial charge in [-0.05, 0) is 92.0 Å². The average Bonchev–Trinajstić information content (AvgIpc) is 3.66. The molecule has 1 atom stereocenters. The zero-order chi connectivity index (χ0) is 26.2. The van der Waals surface area contributed by atoms with Crippen LogP contribution >= 0.6 is 0 Å². The van der Waals surface area contributed by atoms with E-state index in [0.29, 0.717) is 28.2 Å². The molecule has 0 saturated heterocycles. The van der Waals surface area contributed by atoms with Crippen molar-refractivity contribution in [2.75, 3.05) is 0 Å². The van der Waals surface area contributed by atoms with Gasteiger partial charge < -0.3 is 14.6 Å². The van der Waals surface area contributed by atoms with Crippen LogP contribution in [0.3, 0.4) is 0 Å². The monoisotopic (exact) mass is 513 g/mol. The van der Waals surface area contributed by atoms with Crippen LogP contribution in [0.15, 0.2) is 54.6 Å². The number of nitrogens with zero attached hydrogens (tertiary/aromatic N) is 1. The standard InChI is InChI=1S/C31H31NO6/c33-29(34)18-26(32-30(35)24-15-19-7-1-2-8-20(19)16-25(24)31(32)36)21-13-14-27(37-22-9-3-4-10-22)28(17-21)38-23-11-5-6-12-23/h1-2,7-8,13-17,22-23,26H,3-6,9-12,18H2,(H,33,34). The molecule has 2 aliphatic carbocycles. The Balaban J connectivity index is 1.37. The number of carbonyl (C=O) groups excluding carboxylic acids is 2. The smallest absolute Gasteiger partial charge is 0.305 e. The number of carbonyl (C=O) groups is 3. The van der Waals surface area contributed by atoms with Gasteiger partial charge in [-0.15, -0.1) is 0 Å². The van der Waals surface area contributed by atoms with Gasteiger partial charge in [-0.3, -0.25) is 19.3 Å². The maximum atomic E-state index is 13.6. The number of rotatable bonds is 8. The second kappa shape index (κ2) is 10.1. The van der Waals surface area contributed by atoms with E-state index in [9.17, 15) is 19.5 Å². The number of carboxylic acid groups (broad SMARTS) is 1. The van der Waals surface area contributed by atoms with Gasteiger partial charge in [0.05, 0.1) is 35.8 Å². The Morgan fingerprint density at radius 1 is 0.789 bits per heavy atom. The second-order valence-corrected chi connectivity index (χ2v) is 10.6. The first kappa shape index (κ1) is 24.5. The van der Waals surface area contributed by atoms with E-state index in [2.05, 4.69) is 0 Å². The molecule has 0 bridgehead atoms. The number of amides is 2. The van der Waals surface area contributed by atoms with Gasteiger partial charge in [0.1, 0.15) is 0 Å². The summed E-state index contributed by atoms with van der Waals surface area (Å²) in [5.41, 5.74) is 1.14. The van der Waals surface area contributed by atoms with Gasteiger partial charge in [0.15, 0.2) is 11.5 Å². The number of carboxylic acids is 1. The number of hydrogen-bond donors (Lipinski definition) is 1. The average molecular weight is 514 g/mol. The van der Waals surface area contributed by atoms with Crippen molar-refractivity contribution in [3.63, 3.8) is 0 Å². The molecule has 1 unspecified atom stereocenters. The zero-order valence-electron chi connectivity index (χ0n) is 21.2. The molecule has 3 aromatic carbocycles. The van der Waals surface area contributed by atoms with Crippen LogP contribution in [0.1, 0.15) is 90.1 Å². The largest absolute Gasteiger partial charge is 0.487 e. The number of hydrogen-bond acceptors (Lipinski definition) is 5. The van der Waals surface area contributed by atoms with E-state index in [-0.39, 0.29) is 12.2 Å². The predicted molar refractivity (Wildman–Crippen MR) is 142 cm³/mol. The summed E-state index contributed by atoms with van der Waals surface area (Å²) in [6.45, 7) is 0. The summed E-state index contributed by atoms with van der Waals surface area (Å²) >= 11 is 0. The minimum atomic E-state index is -1.10. The lowest BCUT2D eigenvalue weighted by Crippen LogP contribution is -2.35. The fraction of sp³-hybridized carbons (Fsp3) is 0.387. The van der Waals surface area contributed by atoms with Crippen molar-refractivity contribution in [2.45, 2.75) is 76.0 Å². The molecule has 1 N–H and O–H groups in total. The van der Waals surface area contributed by atoms with Gasteiger partial charge in [-0.2, -0.15) is 0 Å². The molecule has 1 aliphatic heterocycles. The molecule has 2 fully saturated rings. The van der Waals surface area contributed by atoms with Crippen LogP contribution in [0.25, 0.3) is 10.8 Å². The van der Waals surface area contributed by atoms with Gasteiger partial charge in [0.25, 0.3) is 11.8 Å². The van der Waals surface area contributed by atoms with Crippen LogP contribution in [-0.4, -0.2) is 40.0 Å². The van der Waals surface area contributed by atoms with Gasteiger partial charge in [0.2, 0.25) is 0 Å². The maximum Gasteiger partial charge on any atom is 0.305 e. The first-order valence-electron chi connectivity index (χ1n) is 13.6. The molecule has 3 aliphatic rings. The summed E-state index contributed by atoms with van der Waals surface area (Å²) < 4.78 is 12.7. The highest BCUT2D eigenvalue weighted by Gasteiger charge is 2.42. The highest BCUT2D eigenvalue weighted by atomic mass is 16.5. The van der Waals surface area contributed by atoms with Crippen molar-refractivity contribution in [1.29, 1.82) is 0 Å². The third kappa shape index (κ3) is 4.62. The molecule has 1 heterocycles. The number of ether oxygens (including phenoxy) is 2. The van der Waals surface area contributed by atoms with Crippen molar-refractivity contribution >= 4 is 28.6 Å². The molecule has 6 rings (SSSR count). The van der Waals surface area contributed by atoms with Gasteiger partial charge in [0, 0.05) is 0 Å². The quantitative estimate of drug-likeness (QED) is 0.356. The Morgan fingerprint density at radius 2 is 1.32 bits per heavy atom. The van der Waals surface area contributed by atoms with E-state index >= 15 is 0 Å². The van der Waals surface area contributed by atoms with Crippen molar-refractivity contribution in [3.05, 3.63) is 71.3 Å². The maximum absolute atomic E-state index is 13.6. The molecule has 2 amide bonds. The minimum Gasteiger partial charge on any atom is -0.487 e. The summed E-state index contributed by atoms with van der Waals surface area (Å²) in [6.07, 6.45) is 8.18. The van der Waals surface area contributed by atoms with Crippen LogP contribution in [0.5, 0.6) is 11.5 Å². The highest BCUT2D eigenvalue weighted by Crippen LogP contribution is 2.40. The first-order valence-corrected chi connectivity index (χ1v) is 13.6.